The molecule has 0 N–H and O–H groups in total. The molecule has 0 spiro atoms. The second-order valence-electron chi connectivity index (χ2n) is 13.5. The van der Waals surface area contributed by atoms with Crippen molar-refractivity contribution in [2.75, 3.05) is 0 Å². The first-order chi connectivity index (χ1) is 23.8. The van der Waals surface area contributed by atoms with Crippen LogP contribution in [0.1, 0.15) is 35.6 Å². The molecule has 2 aliphatic carbocycles. The fourth-order valence-corrected chi connectivity index (χ4v) is 9.24. The first-order valence-electron chi connectivity index (χ1n) is 17.0. The summed E-state index contributed by atoms with van der Waals surface area (Å²) in [7, 11) is 0. The summed E-state index contributed by atoms with van der Waals surface area (Å²) in [5, 5.41) is 15.9. The second kappa shape index (κ2) is 10.5. The van der Waals surface area contributed by atoms with Gasteiger partial charge in [0, 0.05) is 11.8 Å². The fraction of sp³-hybridized carbons (Fsp3) is 0.0612. The first-order valence-corrected chi connectivity index (χ1v) is 17.0. The Morgan fingerprint density at radius 3 is 1.67 bits per heavy atom. The van der Waals surface area contributed by atoms with Gasteiger partial charge in [0.2, 0.25) is 0 Å². The largest absolute Gasteiger partial charge is 0.0776 e. The lowest BCUT2D eigenvalue weighted by Crippen LogP contribution is -2.24. The molecule has 0 aliphatic heterocycles. The van der Waals surface area contributed by atoms with Crippen LogP contribution in [0, 0.1) is 5.92 Å². The summed E-state index contributed by atoms with van der Waals surface area (Å²) in [6.07, 6.45) is 9.38. The Kier molecular flexibility index (Phi) is 6.02. The number of hydrogen-bond acceptors (Lipinski definition) is 0. The lowest BCUT2D eigenvalue weighted by molar-refractivity contribution is 0.661. The molecule has 0 heterocycles. The Balaban J connectivity index is 0.00000306. The third-order valence-electron chi connectivity index (χ3n) is 11.2. The van der Waals surface area contributed by atoms with Crippen molar-refractivity contribution in [2.24, 2.45) is 5.92 Å². The van der Waals surface area contributed by atoms with E-state index in [2.05, 4.69) is 170 Å². The number of allylic oxidation sites excluding steroid dienone is 5. The molecule has 0 saturated heterocycles. The maximum Gasteiger partial charge on any atom is 0.0218 e. The number of rotatable bonds is 2. The Morgan fingerprint density at radius 2 is 0.939 bits per heavy atom. The minimum absolute atomic E-state index is 0. The maximum atomic E-state index is 2.47. The summed E-state index contributed by atoms with van der Waals surface area (Å²) in [4.78, 5) is 0. The van der Waals surface area contributed by atoms with Gasteiger partial charge in [0.1, 0.15) is 0 Å². The van der Waals surface area contributed by atoms with Gasteiger partial charge in [-0.1, -0.05) is 171 Å². The van der Waals surface area contributed by atoms with Crippen LogP contribution in [0.3, 0.4) is 0 Å². The molecule has 0 nitrogen and oxygen atoms in total. The van der Waals surface area contributed by atoms with E-state index in [1.807, 2.05) is 0 Å². The molecule has 0 heteroatoms. The molecule has 0 aromatic heterocycles. The van der Waals surface area contributed by atoms with Crippen LogP contribution in [0.25, 0.3) is 70.2 Å². The summed E-state index contributed by atoms with van der Waals surface area (Å²) >= 11 is 0. The third-order valence-corrected chi connectivity index (χ3v) is 11.2. The zero-order chi connectivity index (χ0) is 31.3. The van der Waals surface area contributed by atoms with Crippen LogP contribution in [0.5, 0.6) is 0 Å². The van der Waals surface area contributed by atoms with E-state index >= 15 is 0 Å². The molecule has 9 aromatic rings. The van der Waals surface area contributed by atoms with Crippen LogP contribution >= 0.6 is 0 Å². The van der Waals surface area contributed by atoms with Crippen molar-refractivity contribution < 1.29 is 0 Å². The van der Waals surface area contributed by atoms with Crippen LogP contribution in [0.2, 0.25) is 0 Å². The van der Waals surface area contributed by atoms with Crippen molar-refractivity contribution >= 4 is 70.2 Å². The van der Waals surface area contributed by atoms with Gasteiger partial charge in [-0.2, -0.15) is 0 Å². The van der Waals surface area contributed by atoms with Crippen LogP contribution in [-0.4, -0.2) is 0 Å². The molecule has 9 aromatic carbocycles. The van der Waals surface area contributed by atoms with Gasteiger partial charge in [0.25, 0.3) is 0 Å². The van der Waals surface area contributed by atoms with Crippen molar-refractivity contribution in [3.05, 3.63) is 198 Å². The molecule has 0 fully saturated rings. The molecule has 230 valence electrons. The summed E-state index contributed by atoms with van der Waals surface area (Å²) in [5.74, 6) is 0.318. The number of fused-ring (bicyclic) bond motifs is 6. The Hall–Kier alpha value is -5.98. The van der Waals surface area contributed by atoms with E-state index in [4.69, 9.17) is 0 Å². The minimum Gasteiger partial charge on any atom is -0.0776 e. The van der Waals surface area contributed by atoms with Crippen LogP contribution in [-0.2, 0) is 0 Å². The van der Waals surface area contributed by atoms with E-state index < -0.39 is 0 Å². The van der Waals surface area contributed by atoms with E-state index in [-0.39, 0.29) is 19.3 Å². The predicted octanol–water partition coefficient (Wildman–Crippen LogP) is 13.4. The number of benzene rings is 9. The van der Waals surface area contributed by atoms with Crippen molar-refractivity contribution in [1.82, 2.24) is 0 Å². The Labute approximate surface area is 286 Å². The highest BCUT2D eigenvalue weighted by Crippen LogP contribution is 2.55. The highest BCUT2D eigenvalue weighted by molar-refractivity contribution is 6.25. The van der Waals surface area contributed by atoms with Crippen LogP contribution < -0.4 is 0 Å². The van der Waals surface area contributed by atoms with Crippen LogP contribution in [0.4, 0.5) is 0 Å². The second-order valence-corrected chi connectivity index (χ2v) is 13.5. The topological polar surface area (TPSA) is 0 Å². The normalized spacial score (nSPS) is 17.0. The minimum atomic E-state index is 0. The molecule has 0 radical (unpaired) electrons. The first kappa shape index (κ1) is 28.1. The molecular weight excluding hydrogens is 589 g/mol. The van der Waals surface area contributed by atoms with Gasteiger partial charge in [-0.05, 0) is 104 Å². The maximum absolute atomic E-state index is 2.47. The molecule has 11 rings (SSSR count). The van der Waals surface area contributed by atoms with Gasteiger partial charge in [0.15, 0.2) is 0 Å². The van der Waals surface area contributed by atoms with Crippen molar-refractivity contribution in [3.63, 3.8) is 0 Å². The Bertz CT molecular complexity index is 2830. The smallest absolute Gasteiger partial charge is 0.0218 e. The molecule has 0 saturated carbocycles. The van der Waals surface area contributed by atoms with E-state index in [1.54, 1.807) is 0 Å². The summed E-state index contributed by atoms with van der Waals surface area (Å²) in [6.45, 7) is 0. The van der Waals surface area contributed by atoms with Gasteiger partial charge in [-0.25, -0.2) is 0 Å². The highest BCUT2D eigenvalue weighted by atomic mass is 14.4. The van der Waals surface area contributed by atoms with E-state index in [9.17, 15) is 0 Å². The van der Waals surface area contributed by atoms with Gasteiger partial charge in [0.05, 0.1) is 0 Å². The highest BCUT2D eigenvalue weighted by Gasteiger charge is 2.38. The quantitative estimate of drug-likeness (QED) is 0.133. The molecule has 2 atom stereocenters. The van der Waals surface area contributed by atoms with Crippen molar-refractivity contribution in [3.8, 4) is 0 Å². The fourth-order valence-electron chi connectivity index (χ4n) is 9.24. The average Bonchev–Trinajstić information content (AvgIpc) is 3.15. The monoisotopic (exact) mass is 622 g/mol. The van der Waals surface area contributed by atoms with E-state index in [0.29, 0.717) is 0 Å². The van der Waals surface area contributed by atoms with Gasteiger partial charge in [-0.3, -0.25) is 0 Å². The van der Waals surface area contributed by atoms with Gasteiger partial charge >= 0.3 is 0 Å². The standard InChI is InChI=1S/C48H30.CH4/c1-4-15-35-29(10-1)22-27-42-45(41-26-24-32-21-20-30-13-9-14-31-23-25-40(41)44(32)43(30)31)38-18-7-8-19-39(38)48(47(35)42)46-36-16-5-2-11-33(36)28-34-12-3-6-17-37(34)46;/h1-28,39,48H;1H4. The predicted molar refractivity (Wildman–Crippen MR) is 212 cm³/mol. The van der Waals surface area contributed by atoms with Gasteiger partial charge < -0.3 is 0 Å². The van der Waals surface area contributed by atoms with E-state index in [1.165, 1.54) is 98.0 Å². The lowest BCUT2D eigenvalue weighted by Gasteiger charge is -2.39. The summed E-state index contributed by atoms with van der Waals surface area (Å²) in [5.41, 5.74) is 8.29. The van der Waals surface area contributed by atoms with Crippen molar-refractivity contribution in [2.45, 2.75) is 13.3 Å². The van der Waals surface area contributed by atoms with E-state index in [0.717, 1.165) is 0 Å². The summed E-state index contributed by atoms with van der Waals surface area (Å²) < 4.78 is 0. The van der Waals surface area contributed by atoms with Crippen molar-refractivity contribution in [1.29, 1.82) is 0 Å². The Morgan fingerprint density at radius 1 is 0.388 bits per heavy atom. The molecule has 49 heavy (non-hydrogen) atoms. The lowest BCUT2D eigenvalue weighted by atomic mass is 9.64. The van der Waals surface area contributed by atoms with Gasteiger partial charge in [-0.15, -0.1) is 0 Å². The number of hydrogen-bond donors (Lipinski definition) is 0. The van der Waals surface area contributed by atoms with Crippen LogP contribution in [0.15, 0.2) is 175 Å². The third kappa shape index (κ3) is 3.86. The SMILES string of the molecule is C.C1=CC2=C(c3ccc4ccc5cccc6ccc3c4c56)c3ccc4ccccc4c3C(c3c4ccccc4cc4ccccc34)C2C=C1. The zero-order valence-electron chi connectivity index (χ0n) is 26.3. The molecule has 0 bridgehead atoms. The molecular formula is C49H34. The molecule has 2 unspecified atom stereocenters. The molecule has 2 aliphatic rings. The molecule has 0 amide bonds. The summed E-state index contributed by atoms with van der Waals surface area (Å²) in [6, 6.07) is 54.8. The average molecular weight is 623 g/mol. The zero-order valence-corrected chi connectivity index (χ0v) is 26.3.